The highest BCUT2D eigenvalue weighted by molar-refractivity contribution is 5.85. The van der Waals surface area contributed by atoms with Gasteiger partial charge in [0.15, 0.2) is 0 Å². The molecule has 0 spiro atoms. The Bertz CT molecular complexity index is 465. The summed E-state index contributed by atoms with van der Waals surface area (Å²) in [7, 11) is 1.64. The van der Waals surface area contributed by atoms with E-state index < -0.39 is 0 Å². The summed E-state index contributed by atoms with van der Waals surface area (Å²) in [6, 6.07) is 5.31. The summed E-state index contributed by atoms with van der Waals surface area (Å²) in [5.41, 5.74) is 0.804. The number of nitrogens with one attached hydrogen (secondary N) is 1. The first-order valence-corrected chi connectivity index (χ1v) is 7.56. The third-order valence-electron chi connectivity index (χ3n) is 4.41. The molecule has 1 aliphatic carbocycles. The molecule has 1 atom stereocenters. The number of nitrogens with zero attached hydrogens (tertiary/aromatic N) is 1. The zero-order valence-electron chi connectivity index (χ0n) is 12.9. The van der Waals surface area contributed by atoms with Crippen LogP contribution < -0.4 is 10.1 Å². The van der Waals surface area contributed by atoms with E-state index in [1.807, 2.05) is 6.07 Å². The van der Waals surface area contributed by atoms with Crippen molar-refractivity contribution < 1.29 is 9.13 Å². The van der Waals surface area contributed by atoms with E-state index in [0.717, 1.165) is 49.8 Å². The molecular weight excluding hydrogens is 326 g/mol. The number of ether oxygens (including phenoxy) is 1. The summed E-state index contributed by atoms with van der Waals surface area (Å²) in [6.45, 7) is 3.97. The summed E-state index contributed by atoms with van der Waals surface area (Å²) in [6.07, 6.45) is 3.67. The predicted octanol–water partition coefficient (Wildman–Crippen LogP) is 3.42. The number of rotatable bonds is 5. The van der Waals surface area contributed by atoms with Crippen molar-refractivity contribution in [2.24, 2.45) is 5.92 Å². The van der Waals surface area contributed by atoms with E-state index in [1.165, 1.54) is 18.9 Å². The summed E-state index contributed by atoms with van der Waals surface area (Å²) >= 11 is 0. The third kappa shape index (κ3) is 4.72. The largest absolute Gasteiger partial charge is 0.497 e. The molecule has 2 fully saturated rings. The number of hydrogen-bond acceptors (Lipinski definition) is 3. The summed E-state index contributed by atoms with van der Waals surface area (Å²) in [5, 5.41) is 3.37. The minimum absolute atomic E-state index is 0. The maximum Gasteiger partial charge on any atom is 0.128 e. The molecule has 0 radical (unpaired) electrons. The fraction of sp³-hybridized carbons (Fsp3) is 0.625. The van der Waals surface area contributed by atoms with Crippen LogP contribution in [0.5, 0.6) is 5.75 Å². The van der Waals surface area contributed by atoms with Gasteiger partial charge < -0.3 is 10.1 Å². The van der Waals surface area contributed by atoms with Gasteiger partial charge in [-0.05, 0) is 30.5 Å². The lowest BCUT2D eigenvalue weighted by atomic mass is 9.98. The van der Waals surface area contributed by atoms with Gasteiger partial charge in [0.25, 0.3) is 0 Å². The van der Waals surface area contributed by atoms with E-state index in [1.54, 1.807) is 13.2 Å². The molecule has 0 bridgehead atoms. The lowest BCUT2D eigenvalue weighted by Gasteiger charge is -2.35. The van der Waals surface area contributed by atoms with E-state index in [-0.39, 0.29) is 36.7 Å². The van der Waals surface area contributed by atoms with Crippen LogP contribution in [0, 0.1) is 11.7 Å². The Morgan fingerprint density at radius 3 is 2.55 bits per heavy atom. The van der Waals surface area contributed by atoms with Gasteiger partial charge in [0.2, 0.25) is 0 Å². The first-order chi connectivity index (χ1) is 9.78. The molecule has 1 saturated heterocycles. The van der Waals surface area contributed by atoms with Gasteiger partial charge >= 0.3 is 0 Å². The molecule has 2 aliphatic rings. The van der Waals surface area contributed by atoms with Crippen LogP contribution in [0.25, 0.3) is 0 Å². The second kappa shape index (κ2) is 8.92. The maximum absolute atomic E-state index is 14.3. The van der Waals surface area contributed by atoms with E-state index in [0.29, 0.717) is 0 Å². The Morgan fingerprint density at radius 1 is 1.27 bits per heavy atom. The quantitative estimate of drug-likeness (QED) is 0.880. The van der Waals surface area contributed by atoms with Crippen molar-refractivity contribution in [3.63, 3.8) is 0 Å². The van der Waals surface area contributed by atoms with Crippen molar-refractivity contribution in [2.75, 3.05) is 33.3 Å². The SMILES string of the molecule is COc1ccc(F)c([C@@H](CC2CC2)N2CCNCC2)c1.Cl.Cl. The van der Waals surface area contributed by atoms with Crippen molar-refractivity contribution in [1.82, 2.24) is 10.2 Å². The van der Waals surface area contributed by atoms with Crippen LogP contribution in [0.15, 0.2) is 18.2 Å². The molecule has 1 aromatic carbocycles. The Labute approximate surface area is 144 Å². The van der Waals surface area contributed by atoms with E-state index in [9.17, 15) is 4.39 Å². The fourth-order valence-corrected chi connectivity index (χ4v) is 3.04. The number of halogens is 3. The monoisotopic (exact) mass is 350 g/mol. The molecule has 1 saturated carbocycles. The van der Waals surface area contributed by atoms with Crippen LogP contribution in [0.2, 0.25) is 0 Å². The van der Waals surface area contributed by atoms with Crippen LogP contribution in [0.4, 0.5) is 4.39 Å². The third-order valence-corrected chi connectivity index (χ3v) is 4.41. The minimum atomic E-state index is -0.102. The lowest BCUT2D eigenvalue weighted by molar-refractivity contribution is 0.157. The molecular formula is C16H25Cl2FN2O. The molecule has 1 N–H and O–H groups in total. The molecule has 3 nitrogen and oxygen atoms in total. The van der Waals surface area contributed by atoms with Gasteiger partial charge in [-0.1, -0.05) is 12.8 Å². The first-order valence-electron chi connectivity index (χ1n) is 7.56. The van der Waals surface area contributed by atoms with Crippen LogP contribution in [0.3, 0.4) is 0 Å². The topological polar surface area (TPSA) is 24.5 Å². The fourth-order valence-electron chi connectivity index (χ4n) is 3.04. The van der Waals surface area contributed by atoms with Gasteiger partial charge in [0.05, 0.1) is 7.11 Å². The average molecular weight is 351 g/mol. The molecule has 1 aliphatic heterocycles. The molecule has 3 rings (SSSR count). The molecule has 0 amide bonds. The van der Waals surface area contributed by atoms with Gasteiger partial charge in [0.1, 0.15) is 11.6 Å². The zero-order chi connectivity index (χ0) is 13.9. The molecule has 1 aromatic rings. The van der Waals surface area contributed by atoms with Gasteiger partial charge in [0, 0.05) is 37.8 Å². The van der Waals surface area contributed by atoms with Crippen molar-refractivity contribution in [1.29, 1.82) is 0 Å². The lowest BCUT2D eigenvalue weighted by Crippen LogP contribution is -2.45. The van der Waals surface area contributed by atoms with Crippen LogP contribution in [0.1, 0.15) is 30.9 Å². The van der Waals surface area contributed by atoms with Gasteiger partial charge in [-0.25, -0.2) is 4.39 Å². The Hall–Kier alpha value is -0.550. The molecule has 1 heterocycles. The van der Waals surface area contributed by atoms with E-state index in [4.69, 9.17) is 4.74 Å². The van der Waals surface area contributed by atoms with Gasteiger partial charge in [-0.3, -0.25) is 4.90 Å². The first kappa shape index (κ1) is 19.5. The highest BCUT2D eigenvalue weighted by Crippen LogP contribution is 2.41. The highest BCUT2D eigenvalue weighted by Gasteiger charge is 2.32. The summed E-state index contributed by atoms with van der Waals surface area (Å²) in [5.74, 6) is 1.42. The number of hydrogen-bond donors (Lipinski definition) is 1. The van der Waals surface area contributed by atoms with Crippen molar-refractivity contribution in [2.45, 2.75) is 25.3 Å². The standard InChI is InChI=1S/C16H23FN2O.2ClH/c1-20-13-4-5-15(17)14(11-13)16(10-12-2-3-12)19-8-6-18-7-9-19;;/h4-5,11-12,16,18H,2-3,6-10H2,1H3;2*1H/t16-;;/m1../s1. The van der Waals surface area contributed by atoms with Crippen molar-refractivity contribution in [3.05, 3.63) is 29.6 Å². The molecule has 126 valence electrons. The number of benzene rings is 1. The Morgan fingerprint density at radius 2 is 1.95 bits per heavy atom. The zero-order valence-corrected chi connectivity index (χ0v) is 14.5. The maximum atomic E-state index is 14.3. The average Bonchev–Trinajstić information content (AvgIpc) is 3.31. The van der Waals surface area contributed by atoms with E-state index in [2.05, 4.69) is 10.2 Å². The number of methoxy groups -OCH3 is 1. The molecule has 0 unspecified atom stereocenters. The minimum Gasteiger partial charge on any atom is -0.497 e. The van der Waals surface area contributed by atoms with Crippen molar-refractivity contribution in [3.8, 4) is 5.75 Å². The second-order valence-electron chi connectivity index (χ2n) is 5.87. The molecule has 6 heteroatoms. The van der Waals surface area contributed by atoms with Crippen LogP contribution in [-0.2, 0) is 0 Å². The van der Waals surface area contributed by atoms with Crippen LogP contribution >= 0.6 is 24.8 Å². The summed E-state index contributed by atoms with van der Waals surface area (Å²) in [4.78, 5) is 2.42. The smallest absolute Gasteiger partial charge is 0.128 e. The Balaban J connectivity index is 0.00000121. The van der Waals surface area contributed by atoms with Crippen molar-refractivity contribution >= 4 is 24.8 Å². The number of piperazine rings is 1. The van der Waals surface area contributed by atoms with Crippen LogP contribution in [-0.4, -0.2) is 38.2 Å². The normalized spacial score (nSPS) is 19.7. The van der Waals surface area contributed by atoms with E-state index >= 15 is 0 Å². The summed E-state index contributed by atoms with van der Waals surface area (Å²) < 4.78 is 19.6. The second-order valence-corrected chi connectivity index (χ2v) is 5.87. The van der Waals surface area contributed by atoms with Gasteiger partial charge in [-0.15, -0.1) is 24.8 Å². The molecule has 0 aromatic heterocycles. The molecule has 22 heavy (non-hydrogen) atoms. The predicted molar refractivity (Wildman–Crippen MR) is 92.0 cm³/mol. The Kier molecular flexibility index (Phi) is 7.90. The highest BCUT2D eigenvalue weighted by atomic mass is 35.5. The van der Waals surface area contributed by atoms with Gasteiger partial charge in [-0.2, -0.15) is 0 Å².